The number of carbonyl (C=O) groups is 2. The van der Waals surface area contributed by atoms with E-state index in [4.69, 9.17) is 4.74 Å². The maximum atomic E-state index is 12.7. The highest BCUT2D eigenvalue weighted by molar-refractivity contribution is 5.86. The third-order valence-electron chi connectivity index (χ3n) is 6.43. The van der Waals surface area contributed by atoms with Crippen molar-refractivity contribution in [2.24, 2.45) is 0 Å². The minimum absolute atomic E-state index is 0.0471. The quantitative estimate of drug-likeness (QED) is 0.374. The van der Waals surface area contributed by atoms with Gasteiger partial charge < -0.3 is 15.2 Å². The summed E-state index contributed by atoms with van der Waals surface area (Å²) in [5.74, 6) is -1.02. The first-order valence-corrected chi connectivity index (χ1v) is 11.4. The molecule has 0 fully saturated rings. The summed E-state index contributed by atoms with van der Waals surface area (Å²) in [5.41, 5.74) is 5.57. The number of ether oxygens (including phenoxy) is 1. The Morgan fingerprint density at radius 2 is 1.44 bits per heavy atom. The summed E-state index contributed by atoms with van der Waals surface area (Å²) < 4.78 is 5.63. The smallest absolute Gasteiger partial charge is 0.407 e. The van der Waals surface area contributed by atoms with E-state index in [2.05, 4.69) is 29.6 Å². The monoisotopic (exact) mass is 451 g/mol. The van der Waals surface area contributed by atoms with Crippen LogP contribution in [0.15, 0.2) is 91.0 Å². The van der Waals surface area contributed by atoms with Crippen LogP contribution >= 0.6 is 0 Å². The van der Waals surface area contributed by atoms with Gasteiger partial charge in [0, 0.05) is 12.0 Å². The van der Waals surface area contributed by atoms with E-state index in [1.807, 2.05) is 66.7 Å². The Bertz CT molecular complexity index is 1310. The van der Waals surface area contributed by atoms with Crippen LogP contribution in [0.4, 0.5) is 4.79 Å². The van der Waals surface area contributed by atoms with E-state index in [9.17, 15) is 14.7 Å². The van der Waals surface area contributed by atoms with Crippen molar-refractivity contribution in [2.75, 3.05) is 6.61 Å². The predicted octanol–water partition coefficient (Wildman–Crippen LogP) is 5.76. The molecule has 0 saturated heterocycles. The molecule has 0 aliphatic heterocycles. The number of carboxylic acid groups (broad SMARTS) is 1. The summed E-state index contributed by atoms with van der Waals surface area (Å²) in [7, 11) is 0. The van der Waals surface area contributed by atoms with Gasteiger partial charge >= 0.3 is 12.1 Å². The average Bonchev–Trinajstić information content (AvgIpc) is 3.16. The Labute approximate surface area is 198 Å². The molecule has 170 valence electrons. The van der Waals surface area contributed by atoms with Gasteiger partial charge in [0.15, 0.2) is 0 Å². The summed E-state index contributed by atoms with van der Waals surface area (Å²) in [4.78, 5) is 24.2. The molecule has 0 spiro atoms. The maximum absolute atomic E-state index is 12.7. The van der Waals surface area contributed by atoms with Crippen LogP contribution in [-0.2, 0) is 16.0 Å². The van der Waals surface area contributed by atoms with Crippen molar-refractivity contribution in [3.05, 3.63) is 108 Å². The van der Waals surface area contributed by atoms with Gasteiger partial charge in [-0.3, -0.25) is 4.79 Å². The number of nitrogens with one attached hydrogen (secondary N) is 1. The van der Waals surface area contributed by atoms with Crippen LogP contribution in [0, 0.1) is 0 Å². The summed E-state index contributed by atoms with van der Waals surface area (Å²) in [5, 5.41) is 14.3. The Morgan fingerprint density at radius 1 is 0.824 bits per heavy atom. The summed E-state index contributed by atoms with van der Waals surface area (Å²) >= 11 is 0. The second-order valence-corrected chi connectivity index (χ2v) is 8.61. The van der Waals surface area contributed by atoms with Crippen molar-refractivity contribution in [3.8, 4) is 11.1 Å². The number of carbonyl (C=O) groups excluding carboxylic acids is 1. The Morgan fingerprint density at radius 3 is 2.15 bits per heavy atom. The first-order valence-electron chi connectivity index (χ1n) is 11.4. The largest absolute Gasteiger partial charge is 0.481 e. The zero-order chi connectivity index (χ0) is 23.5. The van der Waals surface area contributed by atoms with E-state index in [0.29, 0.717) is 6.42 Å². The van der Waals surface area contributed by atoms with Gasteiger partial charge in [0.2, 0.25) is 0 Å². The number of aliphatic carboxylic acids is 1. The number of alkyl carbamates (subject to hydrolysis) is 1. The second-order valence-electron chi connectivity index (χ2n) is 8.61. The van der Waals surface area contributed by atoms with Gasteiger partial charge in [-0.05, 0) is 45.0 Å². The van der Waals surface area contributed by atoms with Crippen molar-refractivity contribution < 1.29 is 19.4 Å². The van der Waals surface area contributed by atoms with E-state index in [-0.39, 0.29) is 18.9 Å². The highest BCUT2D eigenvalue weighted by Crippen LogP contribution is 2.44. The van der Waals surface area contributed by atoms with E-state index >= 15 is 0 Å². The molecule has 5 heteroatoms. The van der Waals surface area contributed by atoms with E-state index < -0.39 is 18.1 Å². The van der Waals surface area contributed by atoms with E-state index in [1.54, 1.807) is 0 Å². The van der Waals surface area contributed by atoms with Crippen LogP contribution in [0.3, 0.4) is 0 Å². The van der Waals surface area contributed by atoms with Gasteiger partial charge in [0.25, 0.3) is 0 Å². The molecule has 0 radical (unpaired) electrons. The molecule has 4 aromatic carbocycles. The number of hydrogen-bond donors (Lipinski definition) is 2. The summed E-state index contributed by atoms with van der Waals surface area (Å²) in [6.07, 6.45) is -0.390. The molecule has 1 unspecified atom stereocenters. The molecule has 1 aliphatic rings. The molecular weight excluding hydrogens is 426 g/mol. The summed E-state index contributed by atoms with van der Waals surface area (Å²) in [6.45, 7) is 0.188. The second kappa shape index (κ2) is 9.40. The lowest BCUT2D eigenvalue weighted by molar-refractivity contribution is -0.137. The van der Waals surface area contributed by atoms with Crippen molar-refractivity contribution in [1.29, 1.82) is 0 Å². The molecular formula is C29H25NO4. The minimum atomic E-state index is -0.968. The molecule has 5 nitrogen and oxygen atoms in total. The molecule has 1 aliphatic carbocycles. The number of rotatable bonds is 7. The van der Waals surface area contributed by atoms with Gasteiger partial charge in [0.1, 0.15) is 6.61 Å². The predicted molar refractivity (Wildman–Crippen MR) is 132 cm³/mol. The molecule has 1 amide bonds. The summed E-state index contributed by atoms with van der Waals surface area (Å²) in [6, 6.07) is 29.6. The normalized spacial score (nSPS) is 13.2. The third kappa shape index (κ3) is 4.37. The number of fused-ring (bicyclic) bond motifs is 4. The van der Waals surface area contributed by atoms with Crippen LogP contribution in [-0.4, -0.2) is 29.8 Å². The van der Waals surface area contributed by atoms with Crippen LogP contribution in [0.25, 0.3) is 21.9 Å². The Hall–Kier alpha value is -4.12. The van der Waals surface area contributed by atoms with Crippen LogP contribution in [0.1, 0.15) is 29.0 Å². The zero-order valence-corrected chi connectivity index (χ0v) is 18.6. The highest BCUT2D eigenvalue weighted by atomic mass is 16.5. The Kier molecular flexibility index (Phi) is 6.00. The van der Waals surface area contributed by atoms with Crippen LogP contribution < -0.4 is 5.32 Å². The first kappa shape index (κ1) is 21.7. The fourth-order valence-corrected chi connectivity index (χ4v) is 4.93. The van der Waals surface area contributed by atoms with Crippen molar-refractivity contribution in [1.82, 2.24) is 5.32 Å². The van der Waals surface area contributed by atoms with Gasteiger partial charge in [-0.15, -0.1) is 0 Å². The third-order valence-corrected chi connectivity index (χ3v) is 6.43. The Balaban J connectivity index is 1.30. The van der Waals surface area contributed by atoms with Gasteiger partial charge in [-0.1, -0.05) is 91.0 Å². The fourth-order valence-electron chi connectivity index (χ4n) is 4.93. The molecule has 4 aromatic rings. The molecule has 0 aromatic heterocycles. The molecule has 0 bridgehead atoms. The lowest BCUT2D eigenvalue weighted by Gasteiger charge is -2.19. The highest BCUT2D eigenvalue weighted by Gasteiger charge is 2.29. The SMILES string of the molecule is O=C(O)CC(Cc1cccc2ccccc12)NC(=O)OCC1c2ccccc2-c2ccccc21. The molecule has 0 heterocycles. The first-order chi connectivity index (χ1) is 16.6. The maximum Gasteiger partial charge on any atom is 0.407 e. The average molecular weight is 452 g/mol. The van der Waals surface area contributed by atoms with Gasteiger partial charge in [-0.25, -0.2) is 4.79 Å². The van der Waals surface area contributed by atoms with Crippen LogP contribution in [0.2, 0.25) is 0 Å². The zero-order valence-electron chi connectivity index (χ0n) is 18.6. The fraction of sp³-hybridized carbons (Fsp3) is 0.172. The number of amides is 1. The molecule has 34 heavy (non-hydrogen) atoms. The number of hydrogen-bond acceptors (Lipinski definition) is 3. The minimum Gasteiger partial charge on any atom is -0.481 e. The van der Waals surface area contributed by atoms with Crippen LogP contribution in [0.5, 0.6) is 0 Å². The van der Waals surface area contributed by atoms with Crippen molar-refractivity contribution in [2.45, 2.75) is 24.8 Å². The lowest BCUT2D eigenvalue weighted by atomic mass is 9.97. The molecule has 5 rings (SSSR count). The standard InChI is InChI=1S/C29H25NO4/c31-28(32)17-21(16-20-10-7-9-19-8-1-2-11-22(19)20)30-29(33)34-18-27-25-14-5-3-12-23(25)24-13-4-6-15-26(24)27/h1-15,21,27H,16-18H2,(H,30,33)(H,31,32). The molecule has 2 N–H and O–H groups in total. The van der Waals surface area contributed by atoms with Gasteiger partial charge in [-0.2, -0.15) is 0 Å². The van der Waals surface area contributed by atoms with E-state index in [1.165, 1.54) is 0 Å². The topological polar surface area (TPSA) is 75.6 Å². The molecule has 0 saturated carbocycles. The molecule has 1 atom stereocenters. The number of benzene rings is 4. The number of carboxylic acids is 1. The van der Waals surface area contributed by atoms with Gasteiger partial charge in [0.05, 0.1) is 6.42 Å². The van der Waals surface area contributed by atoms with Crippen molar-refractivity contribution in [3.63, 3.8) is 0 Å². The van der Waals surface area contributed by atoms with Crippen molar-refractivity contribution >= 4 is 22.8 Å². The van der Waals surface area contributed by atoms with E-state index in [0.717, 1.165) is 38.6 Å². The lowest BCUT2D eigenvalue weighted by Crippen LogP contribution is -2.39.